The smallest absolute Gasteiger partial charge is 0.0123 e. The van der Waals surface area contributed by atoms with Gasteiger partial charge in [0.05, 0.1) is 0 Å². The van der Waals surface area contributed by atoms with E-state index in [1.807, 2.05) is 0 Å². The van der Waals surface area contributed by atoms with Crippen LogP contribution in [-0.4, -0.2) is 0 Å². The molecular weight excluding hydrogens is 451 g/mol. The van der Waals surface area contributed by atoms with Crippen LogP contribution >= 0.6 is 7.53 Å². The van der Waals surface area contributed by atoms with E-state index in [0.29, 0.717) is 0 Å². The summed E-state index contributed by atoms with van der Waals surface area (Å²) in [6.07, 6.45) is 1.01. The Balaban J connectivity index is 1.78. The van der Waals surface area contributed by atoms with Gasteiger partial charge >= 0.3 is 0 Å². The van der Waals surface area contributed by atoms with Gasteiger partial charge in [0.15, 0.2) is 0 Å². The summed E-state index contributed by atoms with van der Waals surface area (Å²) in [7, 11) is -0.667. The average molecular weight is 479 g/mol. The molecule has 1 aromatic heterocycles. The van der Waals surface area contributed by atoms with Crippen molar-refractivity contribution in [3.8, 4) is 44.0 Å². The molecule has 0 N–H and O–H groups in total. The summed E-state index contributed by atoms with van der Waals surface area (Å²) >= 11 is 0. The Labute approximate surface area is 214 Å². The summed E-state index contributed by atoms with van der Waals surface area (Å²) in [5.41, 5.74) is 9.31. The third-order valence-electron chi connectivity index (χ3n) is 6.67. The Morgan fingerprint density at radius 1 is 0.333 bits per heavy atom. The Bertz CT molecular complexity index is 1450. The van der Waals surface area contributed by atoms with Crippen molar-refractivity contribution >= 4 is 7.53 Å². The zero-order chi connectivity index (χ0) is 24.2. The molecule has 0 saturated carbocycles. The van der Waals surface area contributed by atoms with E-state index in [9.17, 15) is 0 Å². The van der Waals surface area contributed by atoms with Crippen LogP contribution in [0.2, 0.25) is 0 Å². The lowest BCUT2D eigenvalue weighted by atomic mass is 9.91. The maximum atomic E-state index is 2.29. The number of benzene rings is 5. The number of rotatable bonds is 6. The van der Waals surface area contributed by atoms with Gasteiger partial charge in [-0.15, -0.1) is 7.53 Å². The molecule has 0 bridgehead atoms. The maximum absolute atomic E-state index is 2.29. The third-order valence-corrected chi connectivity index (χ3v) is 9.39. The molecule has 0 radical (unpaired) electrons. The van der Waals surface area contributed by atoms with E-state index in [1.54, 1.807) is 0 Å². The maximum Gasteiger partial charge on any atom is 0.0123 e. The first-order valence-electron chi connectivity index (χ1n) is 12.4. The molecule has 0 unspecified atom stereocenters. The molecule has 172 valence electrons. The van der Waals surface area contributed by atoms with E-state index < -0.39 is 7.53 Å². The molecule has 0 aliphatic carbocycles. The summed E-state index contributed by atoms with van der Waals surface area (Å²) in [6.45, 7) is 0. The standard InChI is InChI=1S/C35H27P/c1-6-16-27(17-7-1)26-36-34(30-22-12-4-13-23-30)32(28-18-8-2-9-19-28)33(29-20-10-3-11-21-29)35(36)31-24-14-5-15-25-31/h1-25H,26H2. The van der Waals surface area contributed by atoms with Crippen LogP contribution in [0.1, 0.15) is 5.56 Å². The fourth-order valence-corrected chi connectivity index (χ4v) is 8.17. The van der Waals surface area contributed by atoms with Crippen molar-refractivity contribution in [3.05, 3.63) is 157 Å². The molecule has 5 aromatic carbocycles. The summed E-state index contributed by atoms with van der Waals surface area (Å²) in [5.74, 6) is 0. The van der Waals surface area contributed by atoms with Crippen molar-refractivity contribution in [1.29, 1.82) is 0 Å². The van der Waals surface area contributed by atoms with Crippen LogP contribution in [-0.2, 0) is 6.16 Å². The van der Waals surface area contributed by atoms with Crippen LogP contribution in [0, 0.1) is 0 Å². The van der Waals surface area contributed by atoms with E-state index in [2.05, 4.69) is 152 Å². The summed E-state index contributed by atoms with van der Waals surface area (Å²) in [4.78, 5) is 0. The van der Waals surface area contributed by atoms with Gasteiger partial charge in [0.2, 0.25) is 0 Å². The minimum absolute atomic E-state index is 0.667. The highest BCUT2D eigenvalue weighted by Crippen LogP contribution is 2.63. The first-order chi connectivity index (χ1) is 17.9. The molecule has 0 saturated heterocycles. The Kier molecular flexibility index (Phi) is 6.36. The van der Waals surface area contributed by atoms with Crippen LogP contribution < -0.4 is 0 Å². The van der Waals surface area contributed by atoms with Gasteiger partial charge in [0, 0.05) is 27.9 Å². The van der Waals surface area contributed by atoms with E-state index >= 15 is 0 Å². The molecule has 0 aliphatic heterocycles. The predicted molar refractivity (Wildman–Crippen MR) is 156 cm³/mol. The van der Waals surface area contributed by atoms with E-state index in [0.717, 1.165) is 6.16 Å². The molecular formula is C35H27P. The van der Waals surface area contributed by atoms with Crippen LogP contribution in [0.15, 0.2) is 152 Å². The molecule has 6 aromatic rings. The van der Waals surface area contributed by atoms with E-state index in [4.69, 9.17) is 0 Å². The zero-order valence-corrected chi connectivity index (χ0v) is 21.0. The third kappa shape index (κ3) is 4.33. The molecule has 0 nitrogen and oxygen atoms in total. The fourth-order valence-electron chi connectivity index (χ4n) is 5.11. The van der Waals surface area contributed by atoms with Crippen molar-refractivity contribution in [2.45, 2.75) is 6.16 Å². The molecule has 0 amide bonds. The van der Waals surface area contributed by atoms with Crippen molar-refractivity contribution in [2.24, 2.45) is 0 Å². The second-order valence-electron chi connectivity index (χ2n) is 8.98. The summed E-state index contributed by atoms with van der Waals surface area (Å²) in [6, 6.07) is 55.0. The number of hydrogen-bond donors (Lipinski definition) is 0. The highest BCUT2D eigenvalue weighted by molar-refractivity contribution is 7.56. The minimum atomic E-state index is -0.667. The monoisotopic (exact) mass is 478 g/mol. The number of hydrogen-bond acceptors (Lipinski definition) is 0. The summed E-state index contributed by atoms with van der Waals surface area (Å²) in [5, 5.41) is 2.94. The minimum Gasteiger partial charge on any atom is -0.103 e. The van der Waals surface area contributed by atoms with Gasteiger partial charge in [-0.1, -0.05) is 152 Å². The van der Waals surface area contributed by atoms with E-state index in [-0.39, 0.29) is 0 Å². The summed E-state index contributed by atoms with van der Waals surface area (Å²) < 4.78 is 0. The van der Waals surface area contributed by atoms with Gasteiger partial charge < -0.3 is 0 Å². The highest BCUT2D eigenvalue weighted by Gasteiger charge is 2.27. The van der Waals surface area contributed by atoms with Crippen LogP contribution in [0.3, 0.4) is 0 Å². The van der Waals surface area contributed by atoms with Crippen molar-refractivity contribution < 1.29 is 0 Å². The van der Waals surface area contributed by atoms with Crippen LogP contribution in [0.4, 0.5) is 0 Å². The zero-order valence-electron chi connectivity index (χ0n) is 20.1. The molecule has 0 aliphatic rings. The molecule has 36 heavy (non-hydrogen) atoms. The molecule has 1 heteroatoms. The molecule has 0 fully saturated rings. The van der Waals surface area contributed by atoms with Crippen molar-refractivity contribution in [1.82, 2.24) is 0 Å². The van der Waals surface area contributed by atoms with Gasteiger partial charge in [-0.05, 0) is 27.8 Å². The Morgan fingerprint density at radius 2 is 0.639 bits per heavy atom. The lowest BCUT2D eigenvalue weighted by molar-refractivity contribution is 1.41. The normalized spacial score (nSPS) is 10.9. The van der Waals surface area contributed by atoms with E-state index in [1.165, 1.54) is 49.5 Å². The lowest BCUT2D eigenvalue weighted by Crippen LogP contribution is -1.85. The van der Waals surface area contributed by atoms with Crippen molar-refractivity contribution in [3.63, 3.8) is 0 Å². The fraction of sp³-hybridized carbons (Fsp3) is 0.0286. The molecule has 0 spiro atoms. The quantitative estimate of drug-likeness (QED) is 0.223. The first-order valence-corrected chi connectivity index (χ1v) is 13.9. The largest absolute Gasteiger partial charge is 0.103 e. The van der Waals surface area contributed by atoms with Gasteiger partial charge in [-0.25, -0.2) is 0 Å². The second-order valence-corrected chi connectivity index (χ2v) is 11.0. The Hall–Kier alpha value is -4.12. The molecule has 0 atom stereocenters. The predicted octanol–water partition coefficient (Wildman–Crippen LogP) is 10.4. The van der Waals surface area contributed by atoms with Gasteiger partial charge in [0.1, 0.15) is 0 Å². The van der Waals surface area contributed by atoms with Crippen LogP contribution in [0.25, 0.3) is 44.0 Å². The highest BCUT2D eigenvalue weighted by atomic mass is 31.1. The first kappa shape index (κ1) is 22.4. The Morgan fingerprint density at radius 3 is 1.00 bits per heavy atom. The topological polar surface area (TPSA) is 0 Å². The van der Waals surface area contributed by atoms with Crippen molar-refractivity contribution in [2.75, 3.05) is 0 Å². The van der Waals surface area contributed by atoms with Gasteiger partial charge in [-0.2, -0.15) is 0 Å². The molecule has 1 heterocycles. The van der Waals surface area contributed by atoms with Gasteiger partial charge in [0.25, 0.3) is 0 Å². The van der Waals surface area contributed by atoms with Crippen LogP contribution in [0.5, 0.6) is 0 Å². The second kappa shape index (κ2) is 10.2. The molecule has 6 rings (SSSR count). The average Bonchev–Trinajstić information content (AvgIpc) is 3.30. The SMILES string of the molecule is c1ccc(Cp2c(-c3ccccc3)c(-c3ccccc3)c(-c3ccccc3)c2-c2ccccc2)cc1. The lowest BCUT2D eigenvalue weighted by Gasteiger charge is -2.12. The van der Waals surface area contributed by atoms with Gasteiger partial charge in [-0.3, -0.25) is 0 Å².